The van der Waals surface area contributed by atoms with E-state index >= 15 is 0 Å². The van der Waals surface area contributed by atoms with E-state index in [4.69, 9.17) is 16.0 Å². The van der Waals surface area contributed by atoms with E-state index in [0.717, 1.165) is 21.8 Å². The van der Waals surface area contributed by atoms with Crippen LogP contribution in [-0.2, 0) is 6.54 Å². The van der Waals surface area contributed by atoms with Gasteiger partial charge in [0.1, 0.15) is 11.6 Å². The lowest BCUT2D eigenvalue weighted by Crippen LogP contribution is -2.07. The highest BCUT2D eigenvalue weighted by Crippen LogP contribution is 2.44. The predicted octanol–water partition coefficient (Wildman–Crippen LogP) is 6.33. The van der Waals surface area contributed by atoms with Crippen LogP contribution in [0.3, 0.4) is 0 Å². The number of benzene rings is 2. The Bertz CT molecular complexity index is 1070. The molecule has 29 heavy (non-hydrogen) atoms. The minimum Gasteiger partial charge on any atom is -0.467 e. The molecule has 0 saturated heterocycles. The third-order valence-corrected chi connectivity index (χ3v) is 6.63. The molecule has 4 aromatic rings. The summed E-state index contributed by atoms with van der Waals surface area (Å²) in [6.45, 7) is 0.649. The maximum Gasteiger partial charge on any atom is 0.192 e. The summed E-state index contributed by atoms with van der Waals surface area (Å²) in [5.74, 6) is 2.49. The lowest BCUT2D eigenvalue weighted by Gasteiger charge is -2.18. The van der Waals surface area contributed by atoms with E-state index in [1.807, 2.05) is 30.3 Å². The molecule has 2 aromatic heterocycles. The molecule has 2 aromatic carbocycles. The van der Waals surface area contributed by atoms with Crippen molar-refractivity contribution in [2.24, 2.45) is 0 Å². The van der Waals surface area contributed by atoms with Crippen LogP contribution in [0.4, 0.5) is 0 Å². The van der Waals surface area contributed by atoms with Crippen LogP contribution in [0, 0.1) is 0 Å². The quantitative estimate of drug-likeness (QED) is 0.327. The monoisotopic (exact) mass is 421 g/mol. The number of hydrogen-bond acceptors (Lipinski definition) is 4. The fraction of sp³-hybridized carbons (Fsp3) is 0.217. The van der Waals surface area contributed by atoms with Crippen molar-refractivity contribution < 1.29 is 4.42 Å². The van der Waals surface area contributed by atoms with Gasteiger partial charge in [-0.1, -0.05) is 65.8 Å². The third kappa shape index (κ3) is 4.11. The van der Waals surface area contributed by atoms with Gasteiger partial charge in [-0.05, 0) is 48.2 Å². The maximum atomic E-state index is 6.13. The average molecular weight is 422 g/mol. The van der Waals surface area contributed by atoms with E-state index in [1.54, 1.807) is 18.0 Å². The third-order valence-electron chi connectivity index (χ3n) is 5.08. The molecule has 0 bridgehead atoms. The van der Waals surface area contributed by atoms with E-state index in [0.29, 0.717) is 12.5 Å². The Morgan fingerprint density at radius 3 is 2.41 bits per heavy atom. The zero-order chi connectivity index (χ0) is 19.6. The van der Waals surface area contributed by atoms with Crippen LogP contribution < -0.4 is 0 Å². The summed E-state index contributed by atoms with van der Waals surface area (Å²) in [7, 11) is 0. The molecule has 1 aliphatic rings. The second kappa shape index (κ2) is 8.09. The van der Waals surface area contributed by atoms with Crippen LogP contribution in [0.5, 0.6) is 0 Å². The first-order valence-corrected chi connectivity index (χ1v) is 11.0. The van der Waals surface area contributed by atoms with Gasteiger partial charge in [0.15, 0.2) is 5.16 Å². The van der Waals surface area contributed by atoms with E-state index in [1.165, 1.54) is 24.0 Å². The molecule has 0 aliphatic heterocycles. The highest BCUT2D eigenvalue weighted by atomic mass is 35.5. The first-order chi connectivity index (χ1) is 14.3. The Kier molecular flexibility index (Phi) is 5.17. The lowest BCUT2D eigenvalue weighted by atomic mass is 10.0. The van der Waals surface area contributed by atoms with Crippen molar-refractivity contribution in [1.29, 1.82) is 0 Å². The fourth-order valence-electron chi connectivity index (χ4n) is 3.44. The minimum atomic E-state index is 0.0973. The SMILES string of the molecule is Clc1ccc(C(Sc2nnc(C3CC3)n2Cc2ccco2)c2ccccc2)cc1. The minimum absolute atomic E-state index is 0.0973. The molecule has 5 rings (SSSR count). The summed E-state index contributed by atoms with van der Waals surface area (Å²) in [5, 5.41) is 10.9. The average Bonchev–Trinajstić information content (AvgIpc) is 3.32. The van der Waals surface area contributed by atoms with Crippen LogP contribution in [0.1, 0.15) is 46.7 Å². The van der Waals surface area contributed by atoms with Gasteiger partial charge < -0.3 is 4.42 Å². The highest BCUT2D eigenvalue weighted by molar-refractivity contribution is 7.99. The number of halogens is 1. The summed E-state index contributed by atoms with van der Waals surface area (Å²) < 4.78 is 7.82. The zero-order valence-corrected chi connectivity index (χ0v) is 17.3. The highest BCUT2D eigenvalue weighted by Gasteiger charge is 2.31. The summed E-state index contributed by atoms with van der Waals surface area (Å²) in [4.78, 5) is 0. The first kappa shape index (κ1) is 18.5. The second-order valence-corrected chi connectivity index (χ2v) is 8.75. The molecular weight excluding hydrogens is 402 g/mol. The Labute approximate surface area is 178 Å². The van der Waals surface area contributed by atoms with Crippen LogP contribution in [0.2, 0.25) is 5.02 Å². The number of aromatic nitrogens is 3. The molecule has 1 fully saturated rings. The van der Waals surface area contributed by atoms with Crippen LogP contribution in [0.25, 0.3) is 0 Å². The van der Waals surface area contributed by atoms with E-state index in [-0.39, 0.29) is 5.25 Å². The summed E-state index contributed by atoms with van der Waals surface area (Å²) in [6.07, 6.45) is 4.07. The predicted molar refractivity (Wildman–Crippen MR) is 115 cm³/mol. The molecule has 1 atom stereocenters. The summed E-state index contributed by atoms with van der Waals surface area (Å²) in [6, 6.07) is 22.5. The molecule has 0 radical (unpaired) electrons. The molecule has 0 N–H and O–H groups in total. The Morgan fingerprint density at radius 1 is 0.966 bits per heavy atom. The van der Waals surface area contributed by atoms with Crippen molar-refractivity contribution in [2.75, 3.05) is 0 Å². The lowest BCUT2D eigenvalue weighted by molar-refractivity contribution is 0.478. The summed E-state index contributed by atoms with van der Waals surface area (Å²) >= 11 is 7.85. The van der Waals surface area contributed by atoms with Gasteiger partial charge in [0.05, 0.1) is 18.1 Å². The number of furan rings is 1. The Hall–Kier alpha value is -2.50. The molecule has 1 unspecified atom stereocenters. The fourth-order valence-corrected chi connectivity index (χ4v) is 4.73. The zero-order valence-electron chi connectivity index (χ0n) is 15.7. The van der Waals surface area contributed by atoms with Gasteiger partial charge in [0.25, 0.3) is 0 Å². The molecule has 1 saturated carbocycles. The van der Waals surface area contributed by atoms with E-state index < -0.39 is 0 Å². The van der Waals surface area contributed by atoms with Crippen LogP contribution in [-0.4, -0.2) is 14.8 Å². The Morgan fingerprint density at radius 2 is 1.72 bits per heavy atom. The van der Waals surface area contributed by atoms with Gasteiger partial charge in [0.2, 0.25) is 0 Å². The van der Waals surface area contributed by atoms with Gasteiger partial charge >= 0.3 is 0 Å². The van der Waals surface area contributed by atoms with Gasteiger partial charge in [-0.25, -0.2) is 0 Å². The molecule has 2 heterocycles. The van der Waals surface area contributed by atoms with Gasteiger partial charge in [0, 0.05) is 10.9 Å². The maximum absolute atomic E-state index is 6.13. The van der Waals surface area contributed by atoms with Crippen molar-refractivity contribution in [3.63, 3.8) is 0 Å². The largest absolute Gasteiger partial charge is 0.467 e. The van der Waals surface area contributed by atoms with E-state index in [2.05, 4.69) is 51.2 Å². The molecule has 6 heteroatoms. The van der Waals surface area contributed by atoms with Crippen molar-refractivity contribution >= 4 is 23.4 Å². The van der Waals surface area contributed by atoms with Crippen molar-refractivity contribution in [3.05, 3.63) is 101 Å². The van der Waals surface area contributed by atoms with Gasteiger partial charge in [-0.3, -0.25) is 4.57 Å². The molecule has 0 amide bonds. The number of hydrogen-bond donors (Lipinski definition) is 0. The molecular formula is C23H20ClN3OS. The van der Waals surface area contributed by atoms with Crippen molar-refractivity contribution in [3.8, 4) is 0 Å². The number of thioether (sulfide) groups is 1. The number of rotatable bonds is 7. The van der Waals surface area contributed by atoms with E-state index in [9.17, 15) is 0 Å². The van der Waals surface area contributed by atoms with Gasteiger partial charge in [-0.15, -0.1) is 10.2 Å². The van der Waals surface area contributed by atoms with Gasteiger partial charge in [-0.2, -0.15) is 0 Å². The molecule has 1 aliphatic carbocycles. The normalized spacial score (nSPS) is 14.8. The van der Waals surface area contributed by atoms with Crippen molar-refractivity contribution in [1.82, 2.24) is 14.8 Å². The number of nitrogens with zero attached hydrogens (tertiary/aromatic N) is 3. The smallest absolute Gasteiger partial charge is 0.192 e. The van der Waals surface area contributed by atoms with Crippen LogP contribution in [0.15, 0.2) is 82.6 Å². The van der Waals surface area contributed by atoms with Crippen LogP contribution >= 0.6 is 23.4 Å². The molecule has 0 spiro atoms. The summed E-state index contributed by atoms with van der Waals surface area (Å²) in [5.41, 5.74) is 2.41. The topological polar surface area (TPSA) is 43.9 Å². The molecule has 146 valence electrons. The standard InChI is InChI=1S/C23H20ClN3OS/c24-19-12-10-17(11-13-19)21(16-5-2-1-3-6-16)29-23-26-25-22(18-8-9-18)27(23)15-20-7-4-14-28-20/h1-7,10-14,18,21H,8-9,15H2. The van der Waals surface area contributed by atoms with Crippen molar-refractivity contribution in [2.45, 2.75) is 35.7 Å². The first-order valence-electron chi connectivity index (χ1n) is 9.70. The molecule has 4 nitrogen and oxygen atoms in total. The second-order valence-electron chi connectivity index (χ2n) is 7.24. The Balaban J connectivity index is 1.52.